The molecular weight excluding hydrogens is 162 g/mol. The minimum absolute atomic E-state index is 0.498. The van der Waals surface area contributed by atoms with E-state index in [1.165, 1.54) is 32.5 Å². The molecule has 0 aromatic rings. The van der Waals surface area contributed by atoms with Crippen molar-refractivity contribution in [2.24, 2.45) is 11.7 Å². The summed E-state index contributed by atoms with van der Waals surface area (Å²) < 4.78 is 0. The molecule has 2 N–H and O–H groups in total. The Hall–Kier alpha value is -0.120. The summed E-state index contributed by atoms with van der Waals surface area (Å²) in [5, 5.41) is 0. The van der Waals surface area contributed by atoms with Crippen molar-refractivity contribution in [3.63, 3.8) is 0 Å². The summed E-state index contributed by atoms with van der Waals surface area (Å²) >= 11 is 0. The lowest BCUT2D eigenvalue weighted by atomic mass is 9.82. The highest BCUT2D eigenvalue weighted by Crippen LogP contribution is 2.30. The molecule has 2 aliphatic rings. The second-order valence-corrected chi connectivity index (χ2v) is 4.97. The van der Waals surface area contributed by atoms with Gasteiger partial charge in [-0.25, -0.2) is 0 Å². The SMILES string of the molecule is CN(C)CC1CN(C2CC(N)C2)C1. The van der Waals surface area contributed by atoms with Crippen molar-refractivity contribution in [2.45, 2.75) is 24.9 Å². The van der Waals surface area contributed by atoms with Crippen LogP contribution in [0, 0.1) is 5.92 Å². The molecule has 13 heavy (non-hydrogen) atoms. The molecule has 0 spiro atoms. The van der Waals surface area contributed by atoms with Crippen LogP contribution in [0.3, 0.4) is 0 Å². The Morgan fingerprint density at radius 3 is 2.38 bits per heavy atom. The van der Waals surface area contributed by atoms with Gasteiger partial charge in [0, 0.05) is 31.7 Å². The van der Waals surface area contributed by atoms with E-state index in [1.54, 1.807) is 0 Å². The number of nitrogens with two attached hydrogens (primary N) is 1. The first-order valence-electron chi connectivity index (χ1n) is 5.29. The molecule has 1 saturated carbocycles. The molecule has 0 radical (unpaired) electrons. The maximum absolute atomic E-state index is 5.77. The average Bonchev–Trinajstić information content (AvgIpc) is 1.90. The van der Waals surface area contributed by atoms with Crippen molar-refractivity contribution in [1.82, 2.24) is 9.80 Å². The zero-order valence-electron chi connectivity index (χ0n) is 8.74. The van der Waals surface area contributed by atoms with E-state index >= 15 is 0 Å². The van der Waals surface area contributed by atoms with Crippen molar-refractivity contribution in [1.29, 1.82) is 0 Å². The molecule has 0 amide bonds. The van der Waals surface area contributed by atoms with Crippen LogP contribution in [-0.4, -0.2) is 55.6 Å². The van der Waals surface area contributed by atoms with Gasteiger partial charge in [0.2, 0.25) is 0 Å². The van der Waals surface area contributed by atoms with E-state index in [4.69, 9.17) is 5.73 Å². The van der Waals surface area contributed by atoms with Gasteiger partial charge in [0.05, 0.1) is 0 Å². The van der Waals surface area contributed by atoms with Gasteiger partial charge >= 0.3 is 0 Å². The third-order valence-electron chi connectivity index (χ3n) is 3.27. The van der Waals surface area contributed by atoms with Crippen LogP contribution in [0.4, 0.5) is 0 Å². The summed E-state index contributed by atoms with van der Waals surface area (Å²) in [6.45, 7) is 3.85. The van der Waals surface area contributed by atoms with Gasteiger partial charge in [-0.2, -0.15) is 0 Å². The molecule has 1 aliphatic carbocycles. The molecule has 0 atom stereocenters. The summed E-state index contributed by atoms with van der Waals surface area (Å²) in [7, 11) is 4.31. The molecule has 2 fully saturated rings. The van der Waals surface area contributed by atoms with Gasteiger partial charge in [0.1, 0.15) is 0 Å². The summed E-state index contributed by atoms with van der Waals surface area (Å²) in [6.07, 6.45) is 2.46. The predicted molar refractivity (Wildman–Crippen MR) is 54.6 cm³/mol. The lowest BCUT2D eigenvalue weighted by Gasteiger charge is -2.50. The Morgan fingerprint density at radius 1 is 1.31 bits per heavy atom. The summed E-state index contributed by atoms with van der Waals surface area (Å²) in [5.41, 5.74) is 5.77. The van der Waals surface area contributed by atoms with Gasteiger partial charge in [-0.05, 0) is 32.9 Å². The Kier molecular flexibility index (Phi) is 2.58. The van der Waals surface area contributed by atoms with Crippen molar-refractivity contribution < 1.29 is 0 Å². The van der Waals surface area contributed by atoms with Crippen LogP contribution >= 0.6 is 0 Å². The number of hydrogen-bond donors (Lipinski definition) is 1. The van der Waals surface area contributed by atoms with Gasteiger partial charge in [0.25, 0.3) is 0 Å². The summed E-state index contributed by atoms with van der Waals surface area (Å²) in [5.74, 6) is 0.909. The van der Waals surface area contributed by atoms with Gasteiger partial charge < -0.3 is 10.6 Å². The lowest BCUT2D eigenvalue weighted by molar-refractivity contribution is -0.000107. The fraction of sp³-hybridized carbons (Fsp3) is 1.00. The molecule has 0 aromatic heterocycles. The monoisotopic (exact) mass is 183 g/mol. The minimum Gasteiger partial charge on any atom is -0.328 e. The van der Waals surface area contributed by atoms with E-state index in [0.29, 0.717) is 6.04 Å². The highest BCUT2D eigenvalue weighted by Gasteiger charge is 2.38. The second-order valence-electron chi connectivity index (χ2n) is 4.97. The average molecular weight is 183 g/mol. The molecule has 1 heterocycles. The maximum atomic E-state index is 5.77. The molecule has 1 saturated heterocycles. The Morgan fingerprint density at radius 2 is 1.92 bits per heavy atom. The zero-order valence-corrected chi connectivity index (χ0v) is 8.74. The summed E-state index contributed by atoms with van der Waals surface area (Å²) in [4.78, 5) is 4.88. The standard InChI is InChI=1S/C10H21N3/c1-12(2)5-8-6-13(7-8)10-3-9(11)4-10/h8-10H,3-7,11H2,1-2H3. The fourth-order valence-corrected chi connectivity index (χ4v) is 2.47. The van der Waals surface area contributed by atoms with Gasteiger partial charge in [-0.3, -0.25) is 4.90 Å². The molecule has 0 bridgehead atoms. The highest BCUT2D eigenvalue weighted by molar-refractivity contribution is 4.95. The van der Waals surface area contributed by atoms with Gasteiger partial charge in [-0.1, -0.05) is 0 Å². The number of likely N-dealkylation sites (tertiary alicyclic amines) is 1. The highest BCUT2D eigenvalue weighted by atomic mass is 15.2. The molecule has 0 aromatic carbocycles. The van der Waals surface area contributed by atoms with E-state index in [2.05, 4.69) is 23.9 Å². The largest absolute Gasteiger partial charge is 0.328 e. The first-order chi connectivity index (χ1) is 6.15. The topological polar surface area (TPSA) is 32.5 Å². The number of rotatable bonds is 3. The van der Waals surface area contributed by atoms with Crippen LogP contribution in [-0.2, 0) is 0 Å². The zero-order chi connectivity index (χ0) is 9.42. The van der Waals surface area contributed by atoms with Crippen LogP contribution < -0.4 is 5.73 Å². The maximum Gasteiger partial charge on any atom is 0.0125 e. The first-order valence-corrected chi connectivity index (χ1v) is 5.29. The van der Waals surface area contributed by atoms with Gasteiger partial charge in [-0.15, -0.1) is 0 Å². The van der Waals surface area contributed by atoms with E-state index in [9.17, 15) is 0 Å². The predicted octanol–water partition coefficient (Wildman–Crippen LogP) is -0.0305. The van der Waals surface area contributed by atoms with E-state index in [0.717, 1.165) is 12.0 Å². The van der Waals surface area contributed by atoms with E-state index in [-0.39, 0.29) is 0 Å². The van der Waals surface area contributed by atoms with E-state index in [1.807, 2.05) is 0 Å². The number of nitrogens with zero attached hydrogens (tertiary/aromatic N) is 2. The fourth-order valence-electron chi connectivity index (χ4n) is 2.47. The van der Waals surface area contributed by atoms with Crippen molar-refractivity contribution >= 4 is 0 Å². The molecular formula is C10H21N3. The Bertz CT molecular complexity index is 169. The Balaban J connectivity index is 1.62. The molecule has 3 heteroatoms. The third kappa shape index (κ3) is 2.03. The van der Waals surface area contributed by atoms with E-state index < -0.39 is 0 Å². The van der Waals surface area contributed by atoms with Gasteiger partial charge in [0.15, 0.2) is 0 Å². The van der Waals surface area contributed by atoms with Crippen LogP contribution in [0.2, 0.25) is 0 Å². The molecule has 0 unspecified atom stereocenters. The molecule has 3 nitrogen and oxygen atoms in total. The number of hydrogen-bond acceptors (Lipinski definition) is 3. The van der Waals surface area contributed by atoms with Crippen LogP contribution in [0.15, 0.2) is 0 Å². The van der Waals surface area contributed by atoms with Crippen molar-refractivity contribution in [3.05, 3.63) is 0 Å². The smallest absolute Gasteiger partial charge is 0.0125 e. The quantitative estimate of drug-likeness (QED) is 0.667. The second kappa shape index (κ2) is 3.56. The molecule has 76 valence electrons. The van der Waals surface area contributed by atoms with Crippen LogP contribution in [0.5, 0.6) is 0 Å². The van der Waals surface area contributed by atoms with Crippen molar-refractivity contribution in [2.75, 3.05) is 33.7 Å². The normalized spacial score (nSPS) is 36.0. The lowest BCUT2D eigenvalue weighted by Crippen LogP contribution is -2.60. The van der Waals surface area contributed by atoms with Crippen molar-refractivity contribution in [3.8, 4) is 0 Å². The third-order valence-corrected chi connectivity index (χ3v) is 3.27. The summed E-state index contributed by atoms with van der Waals surface area (Å²) in [6, 6.07) is 1.33. The van der Waals surface area contributed by atoms with Crippen LogP contribution in [0.25, 0.3) is 0 Å². The molecule has 2 rings (SSSR count). The first kappa shape index (κ1) is 9.44. The van der Waals surface area contributed by atoms with Crippen LogP contribution in [0.1, 0.15) is 12.8 Å². The Labute approximate surface area is 80.9 Å². The minimum atomic E-state index is 0.498. The molecule has 1 aliphatic heterocycles.